The lowest BCUT2D eigenvalue weighted by atomic mass is 10.2. The van der Waals surface area contributed by atoms with Crippen molar-refractivity contribution in [2.75, 3.05) is 41.3 Å². The molecule has 0 unspecified atom stereocenters. The average Bonchev–Trinajstić information content (AvgIpc) is 2.61. The molecule has 2 aromatic rings. The van der Waals surface area contributed by atoms with Gasteiger partial charge in [-0.1, -0.05) is 12.1 Å². The molecule has 9 heteroatoms. The van der Waals surface area contributed by atoms with Crippen LogP contribution in [0, 0.1) is 15.9 Å². The highest BCUT2D eigenvalue weighted by Gasteiger charge is 2.29. The standard InChI is InChI=1S/C17H21FN6O2/c1-12(2)21-16-15(24(25)26)17(20-11-19-16)23-9-7-22(8-10-23)14-6-4-3-5-13(14)18/h3-6,11-12H,7-10H2,1-2H3,(H,19,20,21). The first-order chi connectivity index (χ1) is 12.5. The van der Waals surface area contributed by atoms with Crippen molar-refractivity contribution in [3.63, 3.8) is 0 Å². The highest BCUT2D eigenvalue weighted by atomic mass is 19.1. The van der Waals surface area contributed by atoms with Gasteiger partial charge in [0.1, 0.15) is 12.1 Å². The van der Waals surface area contributed by atoms with E-state index in [2.05, 4.69) is 15.3 Å². The summed E-state index contributed by atoms with van der Waals surface area (Å²) in [6, 6.07) is 6.63. The highest BCUT2D eigenvalue weighted by molar-refractivity contribution is 5.71. The molecule has 1 aliphatic rings. The van der Waals surface area contributed by atoms with Crippen molar-refractivity contribution in [1.82, 2.24) is 9.97 Å². The molecule has 8 nitrogen and oxygen atoms in total. The van der Waals surface area contributed by atoms with Crippen LogP contribution in [0.3, 0.4) is 0 Å². The van der Waals surface area contributed by atoms with Gasteiger partial charge in [0.25, 0.3) is 0 Å². The number of hydrogen-bond acceptors (Lipinski definition) is 7. The zero-order valence-electron chi connectivity index (χ0n) is 14.7. The molecule has 1 fully saturated rings. The number of nitro groups is 1. The van der Waals surface area contributed by atoms with Crippen LogP contribution in [0.25, 0.3) is 0 Å². The Labute approximate surface area is 150 Å². The number of rotatable bonds is 5. The minimum absolute atomic E-state index is 0.00866. The second-order valence-electron chi connectivity index (χ2n) is 6.38. The summed E-state index contributed by atoms with van der Waals surface area (Å²) in [7, 11) is 0. The molecule has 1 N–H and O–H groups in total. The van der Waals surface area contributed by atoms with E-state index < -0.39 is 4.92 Å². The van der Waals surface area contributed by atoms with Gasteiger partial charge in [0.2, 0.25) is 11.6 Å². The molecule has 1 aliphatic heterocycles. The van der Waals surface area contributed by atoms with Crippen LogP contribution in [0.15, 0.2) is 30.6 Å². The largest absolute Gasteiger partial charge is 0.366 e. The number of nitrogens with zero attached hydrogens (tertiary/aromatic N) is 5. The van der Waals surface area contributed by atoms with Gasteiger partial charge in [-0.05, 0) is 26.0 Å². The van der Waals surface area contributed by atoms with E-state index in [0.717, 1.165) is 0 Å². The minimum Gasteiger partial charge on any atom is -0.366 e. The molecule has 0 bridgehead atoms. The SMILES string of the molecule is CC(C)Nc1ncnc(N2CCN(c3ccccc3F)CC2)c1[N+](=O)[O-]. The monoisotopic (exact) mass is 360 g/mol. The van der Waals surface area contributed by atoms with Crippen molar-refractivity contribution < 1.29 is 9.31 Å². The summed E-state index contributed by atoms with van der Waals surface area (Å²) in [6.07, 6.45) is 1.33. The third-order valence-electron chi connectivity index (χ3n) is 4.18. The highest BCUT2D eigenvalue weighted by Crippen LogP contribution is 2.33. The van der Waals surface area contributed by atoms with Crippen LogP contribution >= 0.6 is 0 Å². The Bertz CT molecular complexity index is 793. The Balaban J connectivity index is 1.81. The Morgan fingerprint density at radius 1 is 1.15 bits per heavy atom. The summed E-state index contributed by atoms with van der Waals surface area (Å²) in [5.41, 5.74) is 0.423. The Kier molecular flexibility index (Phi) is 5.15. The first-order valence-electron chi connectivity index (χ1n) is 8.47. The number of piperazine rings is 1. The Hall–Kier alpha value is -2.97. The smallest absolute Gasteiger partial charge is 0.353 e. The van der Waals surface area contributed by atoms with Crippen molar-refractivity contribution >= 4 is 23.0 Å². The second kappa shape index (κ2) is 7.51. The van der Waals surface area contributed by atoms with Gasteiger partial charge >= 0.3 is 5.69 Å². The molecule has 0 atom stereocenters. The van der Waals surface area contributed by atoms with E-state index >= 15 is 0 Å². The lowest BCUT2D eigenvalue weighted by Gasteiger charge is -2.36. The fourth-order valence-electron chi connectivity index (χ4n) is 3.02. The van der Waals surface area contributed by atoms with Gasteiger partial charge in [0, 0.05) is 32.2 Å². The Morgan fingerprint density at radius 3 is 2.42 bits per heavy atom. The summed E-state index contributed by atoms with van der Waals surface area (Å²) >= 11 is 0. The van der Waals surface area contributed by atoms with Crippen molar-refractivity contribution in [3.05, 3.63) is 46.5 Å². The van der Waals surface area contributed by atoms with E-state index in [0.29, 0.717) is 37.7 Å². The predicted molar refractivity (Wildman–Crippen MR) is 98.3 cm³/mol. The number of nitrogens with one attached hydrogen (secondary N) is 1. The summed E-state index contributed by atoms with van der Waals surface area (Å²) in [6.45, 7) is 5.89. The molecule has 1 saturated heterocycles. The van der Waals surface area contributed by atoms with Gasteiger partial charge in [0.05, 0.1) is 10.6 Å². The van der Waals surface area contributed by atoms with Gasteiger partial charge < -0.3 is 15.1 Å². The molecule has 0 amide bonds. The first kappa shape index (κ1) is 17.8. The number of aromatic nitrogens is 2. The van der Waals surface area contributed by atoms with Gasteiger partial charge in [-0.25, -0.2) is 14.4 Å². The normalized spacial score (nSPS) is 14.6. The topological polar surface area (TPSA) is 87.4 Å². The van der Waals surface area contributed by atoms with Crippen LogP contribution in [0.5, 0.6) is 0 Å². The lowest BCUT2D eigenvalue weighted by Crippen LogP contribution is -2.47. The third kappa shape index (κ3) is 3.66. The van der Waals surface area contributed by atoms with Crippen molar-refractivity contribution in [1.29, 1.82) is 0 Å². The van der Waals surface area contributed by atoms with Gasteiger partial charge in [0.15, 0.2) is 0 Å². The lowest BCUT2D eigenvalue weighted by molar-refractivity contribution is -0.383. The average molecular weight is 360 g/mol. The van der Waals surface area contributed by atoms with Crippen molar-refractivity contribution in [3.8, 4) is 0 Å². The first-order valence-corrected chi connectivity index (χ1v) is 8.47. The maximum atomic E-state index is 14.0. The number of benzene rings is 1. The molecule has 0 spiro atoms. The molecule has 138 valence electrons. The number of para-hydroxylation sites is 1. The number of hydrogen-bond donors (Lipinski definition) is 1. The predicted octanol–water partition coefficient (Wildman–Crippen LogP) is 2.67. The molecule has 0 radical (unpaired) electrons. The molecule has 1 aromatic carbocycles. The molecule has 0 aliphatic carbocycles. The summed E-state index contributed by atoms with van der Waals surface area (Å²) in [5.74, 6) is 0.241. The van der Waals surface area contributed by atoms with Crippen molar-refractivity contribution in [2.45, 2.75) is 19.9 Å². The molecule has 0 saturated carbocycles. The summed E-state index contributed by atoms with van der Waals surface area (Å²) in [5, 5.41) is 14.6. The van der Waals surface area contributed by atoms with Crippen LogP contribution in [0.1, 0.15) is 13.8 Å². The zero-order chi connectivity index (χ0) is 18.7. The fourth-order valence-corrected chi connectivity index (χ4v) is 3.02. The van der Waals surface area contributed by atoms with Gasteiger partial charge in [-0.2, -0.15) is 0 Å². The third-order valence-corrected chi connectivity index (χ3v) is 4.18. The van der Waals surface area contributed by atoms with Crippen LogP contribution < -0.4 is 15.1 Å². The number of halogens is 1. The van der Waals surface area contributed by atoms with Crippen molar-refractivity contribution in [2.24, 2.45) is 0 Å². The maximum absolute atomic E-state index is 14.0. The van der Waals surface area contributed by atoms with Gasteiger partial charge in [-0.3, -0.25) is 10.1 Å². The number of anilines is 3. The summed E-state index contributed by atoms with van der Waals surface area (Å²) < 4.78 is 14.0. The zero-order valence-corrected chi connectivity index (χ0v) is 14.7. The molecule has 2 heterocycles. The molecular formula is C17H21FN6O2. The Morgan fingerprint density at radius 2 is 1.81 bits per heavy atom. The fraction of sp³-hybridized carbons (Fsp3) is 0.412. The van der Waals surface area contributed by atoms with Gasteiger partial charge in [-0.15, -0.1) is 0 Å². The molecule has 1 aromatic heterocycles. The second-order valence-corrected chi connectivity index (χ2v) is 6.38. The van der Waals surface area contributed by atoms with E-state index in [1.807, 2.05) is 23.6 Å². The van der Waals surface area contributed by atoms with E-state index in [4.69, 9.17) is 0 Å². The van der Waals surface area contributed by atoms with E-state index in [9.17, 15) is 14.5 Å². The minimum atomic E-state index is -0.455. The van der Waals surface area contributed by atoms with Crippen LogP contribution in [0.2, 0.25) is 0 Å². The molecular weight excluding hydrogens is 339 g/mol. The van der Waals surface area contributed by atoms with Crippen LogP contribution in [0.4, 0.5) is 27.4 Å². The van der Waals surface area contributed by atoms with E-state index in [1.165, 1.54) is 12.4 Å². The maximum Gasteiger partial charge on any atom is 0.353 e. The quantitative estimate of drug-likeness (QED) is 0.648. The van der Waals surface area contributed by atoms with Crippen LogP contribution in [-0.4, -0.2) is 47.1 Å². The van der Waals surface area contributed by atoms with Crippen LogP contribution in [-0.2, 0) is 0 Å². The molecule has 26 heavy (non-hydrogen) atoms. The van der Waals surface area contributed by atoms with E-state index in [1.54, 1.807) is 18.2 Å². The molecule has 3 rings (SSSR count). The summed E-state index contributed by atoms with van der Waals surface area (Å²) in [4.78, 5) is 23.1. The van der Waals surface area contributed by atoms with E-state index in [-0.39, 0.29) is 23.4 Å².